The molecular weight excluding hydrogens is 749 g/mol. The zero-order chi connectivity index (χ0) is 39.0. The standard InChI is InChI=1S/C57H36S2/c1-57(2)48-27-21-36(54-40-16-8-6-14-38(40)53(33-12-4-3-5-13-33)39-15-7-9-17-41(39)54)31-46(48)37-23-20-35(32-49(37)57)34-22-28-51-47(30-34)44-25-24-42-43(56(44)59-51)26-29-52-55(42)45-18-10-11-19-50(45)58-52/h3-32H,1-2H3. The molecule has 0 spiro atoms. The van der Waals surface area contributed by atoms with Crippen molar-refractivity contribution in [1.29, 1.82) is 0 Å². The van der Waals surface area contributed by atoms with Crippen LogP contribution in [0, 0.1) is 0 Å². The summed E-state index contributed by atoms with van der Waals surface area (Å²) in [6.45, 7) is 4.80. The first kappa shape index (κ1) is 33.4. The summed E-state index contributed by atoms with van der Waals surface area (Å²) >= 11 is 3.82. The van der Waals surface area contributed by atoms with Gasteiger partial charge in [0.2, 0.25) is 0 Å². The molecule has 0 saturated carbocycles. The predicted molar refractivity (Wildman–Crippen MR) is 259 cm³/mol. The fourth-order valence-corrected chi connectivity index (χ4v) is 12.8. The molecule has 0 nitrogen and oxygen atoms in total. The van der Waals surface area contributed by atoms with Gasteiger partial charge in [0.05, 0.1) is 0 Å². The third-order valence-electron chi connectivity index (χ3n) is 13.3. The van der Waals surface area contributed by atoms with Gasteiger partial charge in [0.1, 0.15) is 0 Å². The molecule has 0 radical (unpaired) electrons. The van der Waals surface area contributed by atoms with Crippen LogP contribution in [0.15, 0.2) is 182 Å². The molecule has 13 rings (SSSR count). The van der Waals surface area contributed by atoms with Crippen molar-refractivity contribution in [1.82, 2.24) is 0 Å². The van der Waals surface area contributed by atoms with E-state index in [9.17, 15) is 0 Å². The van der Waals surface area contributed by atoms with Gasteiger partial charge in [-0.15, -0.1) is 22.7 Å². The van der Waals surface area contributed by atoms with Gasteiger partial charge in [-0.05, 0) is 119 Å². The average molecular weight is 785 g/mol. The Bertz CT molecular complexity index is 3690. The molecule has 0 atom stereocenters. The molecule has 0 unspecified atom stereocenters. The van der Waals surface area contributed by atoms with E-state index in [1.54, 1.807) is 0 Å². The van der Waals surface area contributed by atoms with E-state index in [0.717, 1.165) is 0 Å². The average Bonchev–Trinajstić information content (AvgIpc) is 3.93. The Hall–Kier alpha value is -6.58. The van der Waals surface area contributed by atoms with Crippen LogP contribution in [0.5, 0.6) is 0 Å². The summed E-state index contributed by atoms with van der Waals surface area (Å²) in [7, 11) is 0. The Balaban J connectivity index is 0.941. The number of rotatable bonds is 3. The maximum atomic E-state index is 2.47. The maximum absolute atomic E-state index is 2.47. The molecule has 2 heterocycles. The van der Waals surface area contributed by atoms with Crippen LogP contribution in [0.2, 0.25) is 0 Å². The molecule has 10 aromatic carbocycles. The topological polar surface area (TPSA) is 0 Å². The number of fused-ring (bicyclic) bond motifs is 14. The van der Waals surface area contributed by atoms with Crippen LogP contribution < -0.4 is 0 Å². The van der Waals surface area contributed by atoms with Crippen LogP contribution in [0.25, 0.3) is 117 Å². The maximum Gasteiger partial charge on any atom is 0.0434 e. The summed E-state index contributed by atoms with van der Waals surface area (Å²) in [5, 5.41) is 13.3. The van der Waals surface area contributed by atoms with Gasteiger partial charge in [0.25, 0.3) is 0 Å². The van der Waals surface area contributed by atoms with E-state index in [0.29, 0.717) is 0 Å². The highest BCUT2D eigenvalue weighted by Crippen LogP contribution is 2.53. The van der Waals surface area contributed by atoms with Gasteiger partial charge in [0, 0.05) is 51.1 Å². The van der Waals surface area contributed by atoms with Crippen molar-refractivity contribution in [2.45, 2.75) is 19.3 Å². The molecule has 0 amide bonds. The highest BCUT2D eigenvalue weighted by molar-refractivity contribution is 7.27. The molecule has 0 saturated heterocycles. The summed E-state index contributed by atoms with van der Waals surface area (Å²) in [5.41, 5.74) is 13.0. The third-order valence-corrected chi connectivity index (χ3v) is 15.6. The molecule has 0 bridgehead atoms. The second kappa shape index (κ2) is 12.2. The molecule has 2 aromatic heterocycles. The Labute approximate surface area is 350 Å². The number of benzene rings is 10. The monoisotopic (exact) mass is 784 g/mol. The zero-order valence-corrected chi connectivity index (χ0v) is 34.3. The van der Waals surface area contributed by atoms with Crippen molar-refractivity contribution >= 4 is 95.3 Å². The molecule has 0 fully saturated rings. The lowest BCUT2D eigenvalue weighted by Crippen LogP contribution is -2.15. The Morgan fingerprint density at radius 2 is 0.881 bits per heavy atom. The van der Waals surface area contributed by atoms with Crippen LogP contribution in [0.3, 0.4) is 0 Å². The first-order chi connectivity index (χ1) is 29.0. The van der Waals surface area contributed by atoms with Gasteiger partial charge in [-0.25, -0.2) is 0 Å². The predicted octanol–water partition coefficient (Wildman–Crippen LogP) is 17.2. The van der Waals surface area contributed by atoms with E-state index in [2.05, 4.69) is 196 Å². The second-order valence-corrected chi connectivity index (χ2v) is 18.9. The van der Waals surface area contributed by atoms with Gasteiger partial charge in [-0.1, -0.05) is 159 Å². The zero-order valence-electron chi connectivity index (χ0n) is 32.6. The van der Waals surface area contributed by atoms with Crippen molar-refractivity contribution in [3.05, 3.63) is 193 Å². The fourth-order valence-electron chi connectivity index (χ4n) is 10.5. The summed E-state index contributed by atoms with van der Waals surface area (Å²) in [6.07, 6.45) is 0. The van der Waals surface area contributed by atoms with Crippen LogP contribution in [-0.2, 0) is 5.41 Å². The Kier molecular flexibility index (Phi) is 6.92. The largest absolute Gasteiger partial charge is 0.135 e. The van der Waals surface area contributed by atoms with Crippen molar-refractivity contribution in [3.63, 3.8) is 0 Å². The SMILES string of the molecule is CC1(C)c2ccc(-c3c4ccccc4c(-c4ccccc4)c4ccccc34)cc2-c2ccc(-c3ccc4sc5c(ccc6c5ccc5sc7ccccc7c56)c4c3)cc21. The normalized spacial score (nSPS) is 13.4. The first-order valence-electron chi connectivity index (χ1n) is 20.5. The lowest BCUT2D eigenvalue weighted by Gasteiger charge is -2.22. The fraction of sp³-hybridized carbons (Fsp3) is 0.0526. The van der Waals surface area contributed by atoms with Crippen molar-refractivity contribution < 1.29 is 0 Å². The third kappa shape index (κ3) is 4.70. The van der Waals surface area contributed by atoms with E-state index in [-0.39, 0.29) is 5.41 Å². The Morgan fingerprint density at radius 1 is 0.322 bits per heavy atom. The highest BCUT2D eigenvalue weighted by Gasteiger charge is 2.36. The quantitative estimate of drug-likeness (QED) is 0.157. The van der Waals surface area contributed by atoms with Crippen molar-refractivity contribution in [2.24, 2.45) is 0 Å². The van der Waals surface area contributed by atoms with Crippen molar-refractivity contribution in [2.75, 3.05) is 0 Å². The molecule has 2 heteroatoms. The number of thiophene rings is 2. The van der Waals surface area contributed by atoms with Gasteiger partial charge in [0.15, 0.2) is 0 Å². The summed E-state index contributed by atoms with van der Waals surface area (Å²) in [6, 6.07) is 68.6. The van der Waals surface area contributed by atoms with E-state index >= 15 is 0 Å². The highest BCUT2D eigenvalue weighted by atomic mass is 32.1. The van der Waals surface area contributed by atoms with Crippen LogP contribution in [0.1, 0.15) is 25.0 Å². The molecule has 1 aliphatic carbocycles. The molecular formula is C57H36S2. The van der Waals surface area contributed by atoms with Gasteiger partial charge in [-0.3, -0.25) is 0 Å². The lowest BCUT2D eigenvalue weighted by atomic mass is 9.81. The number of hydrogen-bond donors (Lipinski definition) is 0. The minimum atomic E-state index is -0.129. The molecule has 276 valence electrons. The summed E-state index contributed by atoms with van der Waals surface area (Å²) in [5.74, 6) is 0. The number of hydrogen-bond acceptors (Lipinski definition) is 2. The van der Waals surface area contributed by atoms with Gasteiger partial charge in [-0.2, -0.15) is 0 Å². The summed E-state index contributed by atoms with van der Waals surface area (Å²) < 4.78 is 5.43. The molecule has 1 aliphatic rings. The summed E-state index contributed by atoms with van der Waals surface area (Å²) in [4.78, 5) is 0. The van der Waals surface area contributed by atoms with Gasteiger partial charge >= 0.3 is 0 Å². The second-order valence-electron chi connectivity index (χ2n) is 16.7. The molecule has 59 heavy (non-hydrogen) atoms. The van der Waals surface area contributed by atoms with Crippen molar-refractivity contribution in [3.8, 4) is 44.5 Å². The smallest absolute Gasteiger partial charge is 0.0434 e. The molecule has 12 aromatic rings. The van der Waals surface area contributed by atoms with Crippen LogP contribution >= 0.6 is 22.7 Å². The van der Waals surface area contributed by atoms with E-state index in [4.69, 9.17) is 0 Å². The van der Waals surface area contributed by atoms with Crippen LogP contribution in [0.4, 0.5) is 0 Å². The lowest BCUT2D eigenvalue weighted by molar-refractivity contribution is 0.660. The Morgan fingerprint density at radius 3 is 1.64 bits per heavy atom. The van der Waals surface area contributed by atoms with E-state index < -0.39 is 0 Å². The molecule has 0 aliphatic heterocycles. The minimum Gasteiger partial charge on any atom is -0.135 e. The van der Waals surface area contributed by atoms with Gasteiger partial charge < -0.3 is 0 Å². The van der Waals surface area contributed by atoms with E-state index in [1.807, 2.05) is 22.7 Å². The molecule has 0 N–H and O–H groups in total. The van der Waals surface area contributed by atoms with Crippen LogP contribution in [-0.4, -0.2) is 0 Å². The minimum absolute atomic E-state index is 0.129. The first-order valence-corrected chi connectivity index (χ1v) is 22.1. The van der Waals surface area contributed by atoms with E-state index in [1.165, 1.54) is 128 Å².